The summed E-state index contributed by atoms with van der Waals surface area (Å²) in [7, 11) is 0. The molecule has 5 rings (SSSR count). The van der Waals surface area contributed by atoms with Crippen LogP contribution in [0.2, 0.25) is 0 Å². The molecular weight excluding hydrogens is 442 g/mol. The number of rotatable bonds is 7. The van der Waals surface area contributed by atoms with Gasteiger partial charge < -0.3 is 5.32 Å². The van der Waals surface area contributed by atoms with E-state index in [4.69, 9.17) is 5.26 Å². The highest BCUT2D eigenvalue weighted by Gasteiger charge is 2.31. The molecule has 0 radical (unpaired) electrons. The van der Waals surface area contributed by atoms with E-state index in [0.29, 0.717) is 35.8 Å². The maximum atomic E-state index is 12.6. The van der Waals surface area contributed by atoms with Crippen molar-refractivity contribution in [2.75, 3.05) is 25.0 Å². The number of nitriles is 1. The lowest BCUT2D eigenvalue weighted by molar-refractivity contribution is 0.0254. The van der Waals surface area contributed by atoms with Gasteiger partial charge in [0.25, 0.3) is 6.43 Å². The monoisotopic (exact) mass is 464 g/mol. The quantitative estimate of drug-likeness (QED) is 0.444. The fourth-order valence-corrected chi connectivity index (χ4v) is 3.98. The summed E-state index contributed by atoms with van der Waals surface area (Å²) in [6, 6.07) is 5.84. The van der Waals surface area contributed by atoms with E-state index in [2.05, 4.69) is 36.8 Å². The third kappa shape index (κ3) is 4.17. The van der Waals surface area contributed by atoms with E-state index in [1.807, 2.05) is 26.1 Å². The van der Waals surface area contributed by atoms with Crippen LogP contribution >= 0.6 is 0 Å². The van der Waals surface area contributed by atoms with Crippen molar-refractivity contribution in [3.63, 3.8) is 0 Å². The first-order valence-electron chi connectivity index (χ1n) is 10.8. The van der Waals surface area contributed by atoms with Crippen LogP contribution in [0.3, 0.4) is 0 Å². The number of nitrogens with zero attached hydrogens (tertiary/aromatic N) is 9. The minimum atomic E-state index is -2.34. The highest BCUT2D eigenvalue weighted by atomic mass is 19.3. The average molecular weight is 464 g/mol. The summed E-state index contributed by atoms with van der Waals surface area (Å²) in [6.45, 7) is 4.88. The third-order valence-electron chi connectivity index (χ3n) is 5.58. The Morgan fingerprint density at radius 1 is 1.18 bits per heavy atom. The number of hydrogen-bond acceptors (Lipinski definition) is 8. The highest BCUT2D eigenvalue weighted by molar-refractivity contribution is 5.79. The number of hydrogen-bond donors (Lipinski definition) is 1. The Morgan fingerprint density at radius 2 is 2.00 bits per heavy atom. The van der Waals surface area contributed by atoms with Crippen LogP contribution in [-0.2, 0) is 0 Å². The molecule has 5 heterocycles. The number of fused-ring (bicyclic) bond motifs is 1. The summed E-state index contributed by atoms with van der Waals surface area (Å²) in [5, 5.41) is 26.2. The van der Waals surface area contributed by atoms with Crippen molar-refractivity contribution in [2.24, 2.45) is 0 Å². The van der Waals surface area contributed by atoms with Crippen molar-refractivity contribution in [1.29, 1.82) is 5.26 Å². The second-order valence-corrected chi connectivity index (χ2v) is 8.54. The number of anilines is 1. The average Bonchev–Trinajstić information content (AvgIpc) is 3.42. The molecule has 0 saturated carbocycles. The molecule has 0 amide bonds. The first kappa shape index (κ1) is 21.8. The molecule has 0 spiro atoms. The standard InChI is InChI=1S/C22H22F2N10/c1-13(2)29-18-4-21(34-22-15(7-28-34)3-14(5-25)6-27-22)26-8-17(18)19-11-33(31-30-19)16-9-32(10-16)12-20(23)24/h3-4,6-8,11,13,16,20H,9-10,12H2,1-2H3,(H,26,29). The molecule has 0 unspecified atom stereocenters. The summed E-state index contributed by atoms with van der Waals surface area (Å²) in [5.74, 6) is 0.563. The number of pyridine rings is 2. The lowest BCUT2D eigenvalue weighted by Gasteiger charge is -2.38. The van der Waals surface area contributed by atoms with E-state index < -0.39 is 6.43 Å². The largest absolute Gasteiger partial charge is 0.382 e. The van der Waals surface area contributed by atoms with Gasteiger partial charge in [0, 0.05) is 54.2 Å². The van der Waals surface area contributed by atoms with Crippen LogP contribution in [0.15, 0.2) is 36.9 Å². The second kappa shape index (κ2) is 8.75. The Bertz CT molecular complexity index is 1360. The lowest BCUT2D eigenvalue weighted by atomic mass is 10.1. The van der Waals surface area contributed by atoms with E-state index in [1.165, 1.54) is 6.20 Å². The van der Waals surface area contributed by atoms with Gasteiger partial charge in [-0.25, -0.2) is 23.4 Å². The molecule has 34 heavy (non-hydrogen) atoms. The number of aromatic nitrogens is 7. The second-order valence-electron chi connectivity index (χ2n) is 8.54. The van der Waals surface area contributed by atoms with Gasteiger partial charge in [-0.3, -0.25) is 4.90 Å². The molecule has 1 saturated heterocycles. The maximum absolute atomic E-state index is 12.6. The van der Waals surface area contributed by atoms with Crippen LogP contribution in [0.5, 0.6) is 0 Å². The van der Waals surface area contributed by atoms with Gasteiger partial charge in [0.15, 0.2) is 11.5 Å². The van der Waals surface area contributed by atoms with Gasteiger partial charge in [-0.15, -0.1) is 5.10 Å². The Hall–Kier alpha value is -3.98. The predicted molar refractivity (Wildman–Crippen MR) is 121 cm³/mol. The van der Waals surface area contributed by atoms with Crippen LogP contribution in [0.25, 0.3) is 28.1 Å². The Kier molecular flexibility index (Phi) is 5.62. The van der Waals surface area contributed by atoms with E-state index in [-0.39, 0.29) is 18.6 Å². The molecule has 0 aromatic carbocycles. The first-order chi connectivity index (χ1) is 16.4. The zero-order valence-corrected chi connectivity index (χ0v) is 18.6. The molecule has 1 aliphatic heterocycles. The molecule has 174 valence electrons. The number of alkyl halides is 2. The molecule has 1 aliphatic rings. The normalized spacial score (nSPS) is 14.6. The van der Waals surface area contributed by atoms with Gasteiger partial charge in [-0.1, -0.05) is 5.21 Å². The van der Waals surface area contributed by atoms with Gasteiger partial charge >= 0.3 is 0 Å². The van der Waals surface area contributed by atoms with E-state index in [0.717, 1.165) is 16.6 Å². The summed E-state index contributed by atoms with van der Waals surface area (Å²) >= 11 is 0. The SMILES string of the molecule is CC(C)Nc1cc(-n2ncc3cc(C#N)cnc32)ncc1-c1cn(C2CN(CC(F)F)C2)nn1. The van der Waals surface area contributed by atoms with Crippen molar-refractivity contribution in [1.82, 2.24) is 39.6 Å². The molecule has 1 fully saturated rings. The van der Waals surface area contributed by atoms with Crippen LogP contribution in [0, 0.1) is 11.3 Å². The van der Waals surface area contributed by atoms with Crippen LogP contribution in [-0.4, -0.2) is 71.7 Å². The van der Waals surface area contributed by atoms with Crippen LogP contribution in [0.1, 0.15) is 25.5 Å². The number of likely N-dealkylation sites (tertiary alicyclic amines) is 1. The lowest BCUT2D eigenvalue weighted by Crippen LogP contribution is -2.49. The Balaban J connectivity index is 1.44. The number of nitrogens with one attached hydrogen (secondary N) is 1. The smallest absolute Gasteiger partial charge is 0.251 e. The van der Waals surface area contributed by atoms with Crippen LogP contribution < -0.4 is 5.32 Å². The highest BCUT2D eigenvalue weighted by Crippen LogP contribution is 2.30. The molecule has 0 atom stereocenters. The molecule has 10 nitrogen and oxygen atoms in total. The zero-order chi connectivity index (χ0) is 23.8. The summed E-state index contributed by atoms with van der Waals surface area (Å²) < 4.78 is 28.4. The summed E-state index contributed by atoms with van der Waals surface area (Å²) in [6.07, 6.45) is 4.34. The van der Waals surface area contributed by atoms with Gasteiger partial charge in [0.2, 0.25) is 0 Å². The Labute approximate surface area is 193 Å². The third-order valence-corrected chi connectivity index (χ3v) is 5.58. The van der Waals surface area contributed by atoms with E-state index in [1.54, 1.807) is 32.7 Å². The summed E-state index contributed by atoms with van der Waals surface area (Å²) in [4.78, 5) is 10.6. The van der Waals surface area contributed by atoms with Crippen molar-refractivity contribution < 1.29 is 8.78 Å². The van der Waals surface area contributed by atoms with Gasteiger partial charge in [-0.2, -0.15) is 15.0 Å². The van der Waals surface area contributed by atoms with Gasteiger partial charge in [-0.05, 0) is 19.9 Å². The summed E-state index contributed by atoms with van der Waals surface area (Å²) in [5.41, 5.74) is 3.26. The van der Waals surface area contributed by atoms with Crippen molar-refractivity contribution in [2.45, 2.75) is 32.4 Å². The van der Waals surface area contributed by atoms with E-state index in [9.17, 15) is 8.78 Å². The van der Waals surface area contributed by atoms with Gasteiger partial charge in [0.05, 0.1) is 30.5 Å². The number of halogens is 2. The fraction of sp³-hybridized carbons (Fsp3) is 0.364. The van der Waals surface area contributed by atoms with Crippen molar-refractivity contribution >= 4 is 16.7 Å². The molecule has 12 heteroatoms. The first-order valence-corrected chi connectivity index (χ1v) is 10.8. The molecule has 1 N–H and O–H groups in total. The molecule has 0 bridgehead atoms. The van der Waals surface area contributed by atoms with Crippen molar-refractivity contribution in [3.8, 4) is 23.1 Å². The molecule has 4 aromatic rings. The predicted octanol–water partition coefficient (Wildman–Crippen LogP) is 2.89. The van der Waals surface area contributed by atoms with E-state index >= 15 is 0 Å². The molecule has 4 aromatic heterocycles. The van der Waals surface area contributed by atoms with Crippen molar-refractivity contribution in [3.05, 3.63) is 42.5 Å². The van der Waals surface area contributed by atoms with Crippen LogP contribution in [0.4, 0.5) is 14.5 Å². The topological polar surface area (TPSA) is 113 Å². The fourth-order valence-electron chi connectivity index (χ4n) is 3.98. The maximum Gasteiger partial charge on any atom is 0.251 e. The zero-order valence-electron chi connectivity index (χ0n) is 18.6. The Morgan fingerprint density at radius 3 is 2.74 bits per heavy atom. The minimum absolute atomic E-state index is 0.0218. The molecular formula is C22H22F2N10. The molecule has 0 aliphatic carbocycles. The minimum Gasteiger partial charge on any atom is -0.382 e. The van der Waals surface area contributed by atoms with Gasteiger partial charge in [0.1, 0.15) is 11.8 Å².